The van der Waals surface area contributed by atoms with Crippen molar-refractivity contribution in [1.82, 2.24) is 9.55 Å². The molecule has 1 amide bonds. The van der Waals surface area contributed by atoms with E-state index in [0.717, 1.165) is 28.1 Å². The van der Waals surface area contributed by atoms with Crippen LogP contribution in [0.1, 0.15) is 29.3 Å². The van der Waals surface area contributed by atoms with Gasteiger partial charge in [0.15, 0.2) is 0 Å². The molecule has 0 aliphatic rings. The highest BCUT2D eigenvalue weighted by Crippen LogP contribution is 2.22. The van der Waals surface area contributed by atoms with Crippen molar-refractivity contribution in [2.45, 2.75) is 40.2 Å². The van der Waals surface area contributed by atoms with Gasteiger partial charge in [-0.3, -0.25) is 14.2 Å². The van der Waals surface area contributed by atoms with E-state index in [9.17, 15) is 9.59 Å². The monoisotopic (exact) mass is 394 g/mol. The third kappa shape index (κ3) is 4.12. The van der Waals surface area contributed by atoms with Crippen LogP contribution in [0, 0.1) is 25.2 Å². The molecule has 7 heteroatoms. The summed E-state index contributed by atoms with van der Waals surface area (Å²) in [6, 6.07) is 9.80. The van der Waals surface area contributed by atoms with Crippen molar-refractivity contribution in [2.24, 2.45) is 0 Å². The number of carbonyl (C=O) groups is 1. The van der Waals surface area contributed by atoms with Crippen molar-refractivity contribution in [3.05, 3.63) is 57.0 Å². The van der Waals surface area contributed by atoms with E-state index in [1.807, 2.05) is 45.0 Å². The second kappa shape index (κ2) is 8.36. The van der Waals surface area contributed by atoms with Crippen LogP contribution in [-0.2, 0) is 17.8 Å². The minimum atomic E-state index is -0.241. The van der Waals surface area contributed by atoms with E-state index in [1.165, 1.54) is 22.2 Å². The van der Waals surface area contributed by atoms with Crippen LogP contribution in [0.2, 0.25) is 0 Å². The Morgan fingerprint density at radius 2 is 1.96 bits per heavy atom. The maximum Gasteiger partial charge on any atom is 0.262 e. The summed E-state index contributed by atoms with van der Waals surface area (Å²) in [5.74, 6) is -0.241. The predicted octanol–water partition coefficient (Wildman–Crippen LogP) is 3.58. The summed E-state index contributed by atoms with van der Waals surface area (Å²) >= 11 is 1.50. The third-order valence-corrected chi connectivity index (χ3v) is 5.68. The third-order valence-electron chi connectivity index (χ3n) is 4.49. The Kier molecular flexibility index (Phi) is 5.90. The molecule has 0 fully saturated rings. The smallest absolute Gasteiger partial charge is 0.262 e. The molecule has 0 saturated carbocycles. The number of nitriles is 1. The fourth-order valence-corrected chi connectivity index (χ4v) is 4.12. The van der Waals surface area contributed by atoms with Crippen LogP contribution in [0.4, 0.5) is 5.69 Å². The van der Waals surface area contributed by atoms with Crippen molar-refractivity contribution in [3.63, 3.8) is 0 Å². The van der Waals surface area contributed by atoms with Crippen LogP contribution < -0.4 is 10.5 Å². The number of nitrogens with zero attached hydrogens (tertiary/aromatic N) is 4. The first-order valence-corrected chi connectivity index (χ1v) is 9.98. The number of amides is 1. The van der Waals surface area contributed by atoms with Gasteiger partial charge in [-0.05, 0) is 49.6 Å². The molecule has 0 saturated heterocycles. The van der Waals surface area contributed by atoms with Gasteiger partial charge in [0.05, 0.1) is 24.2 Å². The normalized spacial score (nSPS) is 10.8. The lowest BCUT2D eigenvalue weighted by molar-refractivity contribution is -0.119. The van der Waals surface area contributed by atoms with Gasteiger partial charge < -0.3 is 4.90 Å². The molecule has 2 aromatic heterocycles. The van der Waals surface area contributed by atoms with Crippen LogP contribution in [0.3, 0.4) is 0 Å². The minimum Gasteiger partial charge on any atom is -0.310 e. The van der Waals surface area contributed by atoms with Crippen molar-refractivity contribution in [3.8, 4) is 6.07 Å². The highest BCUT2D eigenvalue weighted by atomic mass is 32.1. The summed E-state index contributed by atoms with van der Waals surface area (Å²) in [6.45, 7) is 6.13. The fraction of sp³-hybridized carbons (Fsp3) is 0.333. The second-order valence-corrected chi connectivity index (χ2v) is 7.88. The minimum absolute atomic E-state index is 0.114. The maximum atomic E-state index is 13.0. The standard InChI is InChI=1S/C21H22N4O2S/c1-4-17-11-18-20(28-17)23-13-24(21(18)27)12-19(26)25(7-5-6-22)16-9-14(2)8-15(3)10-16/h8-11,13H,4-5,7,12H2,1-3H3. The highest BCUT2D eigenvalue weighted by molar-refractivity contribution is 7.18. The molecule has 144 valence electrons. The molecule has 3 rings (SSSR count). The van der Waals surface area contributed by atoms with Gasteiger partial charge in [-0.25, -0.2) is 4.98 Å². The van der Waals surface area contributed by atoms with Crippen LogP contribution in [0.5, 0.6) is 0 Å². The molecule has 0 atom stereocenters. The Hall–Kier alpha value is -2.98. The largest absolute Gasteiger partial charge is 0.310 e. The number of hydrogen-bond acceptors (Lipinski definition) is 5. The molecule has 0 unspecified atom stereocenters. The first-order valence-electron chi connectivity index (χ1n) is 9.16. The average molecular weight is 395 g/mol. The van der Waals surface area contributed by atoms with Crippen molar-refractivity contribution < 1.29 is 4.79 Å². The van der Waals surface area contributed by atoms with E-state index in [4.69, 9.17) is 5.26 Å². The van der Waals surface area contributed by atoms with E-state index in [0.29, 0.717) is 10.2 Å². The molecular weight excluding hydrogens is 372 g/mol. The van der Waals surface area contributed by atoms with Gasteiger partial charge in [-0.15, -0.1) is 11.3 Å². The lowest BCUT2D eigenvalue weighted by atomic mass is 10.1. The Balaban J connectivity index is 1.93. The Bertz CT molecular complexity index is 1100. The molecule has 0 radical (unpaired) electrons. The molecule has 0 spiro atoms. The predicted molar refractivity (Wildman–Crippen MR) is 112 cm³/mol. The number of hydrogen-bond donors (Lipinski definition) is 0. The summed E-state index contributed by atoms with van der Waals surface area (Å²) in [7, 11) is 0. The Labute approximate surface area is 167 Å². The molecule has 0 N–H and O–H groups in total. The molecule has 0 bridgehead atoms. The lowest BCUT2D eigenvalue weighted by Gasteiger charge is -2.23. The average Bonchev–Trinajstić information content (AvgIpc) is 3.08. The Morgan fingerprint density at radius 1 is 1.25 bits per heavy atom. The van der Waals surface area contributed by atoms with Gasteiger partial charge in [-0.1, -0.05) is 13.0 Å². The van der Waals surface area contributed by atoms with Gasteiger partial charge in [-0.2, -0.15) is 5.26 Å². The van der Waals surface area contributed by atoms with Gasteiger partial charge in [0, 0.05) is 17.1 Å². The highest BCUT2D eigenvalue weighted by Gasteiger charge is 2.18. The van der Waals surface area contributed by atoms with E-state index < -0.39 is 0 Å². The number of fused-ring (bicyclic) bond motifs is 1. The van der Waals surface area contributed by atoms with Gasteiger partial charge in [0.25, 0.3) is 5.56 Å². The maximum absolute atomic E-state index is 13.0. The zero-order chi connectivity index (χ0) is 20.3. The topological polar surface area (TPSA) is 79.0 Å². The first-order chi connectivity index (χ1) is 13.4. The van der Waals surface area contributed by atoms with E-state index in [1.54, 1.807) is 4.90 Å². The molecule has 0 aliphatic heterocycles. The number of anilines is 1. The van der Waals surface area contributed by atoms with Crippen molar-refractivity contribution in [1.29, 1.82) is 5.26 Å². The molecule has 2 heterocycles. The summed E-state index contributed by atoms with van der Waals surface area (Å²) < 4.78 is 1.35. The van der Waals surface area contributed by atoms with E-state index in [2.05, 4.69) is 11.1 Å². The molecular formula is C21H22N4O2S. The zero-order valence-electron chi connectivity index (χ0n) is 16.2. The number of thiophene rings is 1. The van der Waals surface area contributed by atoms with Gasteiger partial charge >= 0.3 is 0 Å². The first kappa shape index (κ1) is 19.8. The SMILES string of the molecule is CCc1cc2c(=O)n(CC(=O)N(CCC#N)c3cc(C)cc(C)c3)cnc2s1. The number of carbonyl (C=O) groups excluding carboxylic acids is 1. The fourth-order valence-electron chi connectivity index (χ4n) is 3.19. The molecule has 3 aromatic rings. The summed E-state index contributed by atoms with van der Waals surface area (Å²) in [5, 5.41) is 9.53. The van der Waals surface area contributed by atoms with E-state index in [-0.39, 0.29) is 31.0 Å². The molecule has 1 aromatic carbocycles. The number of rotatable bonds is 6. The zero-order valence-corrected chi connectivity index (χ0v) is 17.0. The molecule has 28 heavy (non-hydrogen) atoms. The van der Waals surface area contributed by atoms with Crippen LogP contribution in [0.25, 0.3) is 10.2 Å². The number of aryl methyl sites for hydroxylation is 3. The summed E-state index contributed by atoms with van der Waals surface area (Å²) in [5.41, 5.74) is 2.60. The summed E-state index contributed by atoms with van der Waals surface area (Å²) in [4.78, 5) is 33.5. The van der Waals surface area contributed by atoms with Crippen LogP contribution in [-0.4, -0.2) is 22.0 Å². The molecule has 0 aliphatic carbocycles. The van der Waals surface area contributed by atoms with Crippen LogP contribution >= 0.6 is 11.3 Å². The van der Waals surface area contributed by atoms with Crippen molar-refractivity contribution in [2.75, 3.05) is 11.4 Å². The van der Waals surface area contributed by atoms with Gasteiger partial charge in [0.2, 0.25) is 5.91 Å². The number of aromatic nitrogens is 2. The Morgan fingerprint density at radius 3 is 2.61 bits per heavy atom. The van der Waals surface area contributed by atoms with E-state index >= 15 is 0 Å². The summed E-state index contributed by atoms with van der Waals surface area (Å²) in [6.07, 6.45) is 2.49. The number of benzene rings is 1. The second-order valence-electron chi connectivity index (χ2n) is 6.76. The molecule has 6 nitrogen and oxygen atoms in total. The lowest BCUT2D eigenvalue weighted by Crippen LogP contribution is -2.37. The van der Waals surface area contributed by atoms with Crippen LogP contribution in [0.15, 0.2) is 35.4 Å². The quantitative estimate of drug-likeness (QED) is 0.640. The van der Waals surface area contributed by atoms with Gasteiger partial charge in [0.1, 0.15) is 11.4 Å². The van der Waals surface area contributed by atoms with Crippen molar-refractivity contribution >= 4 is 33.1 Å².